The third-order valence-electron chi connectivity index (χ3n) is 4.06. The van der Waals surface area contributed by atoms with E-state index in [1.807, 2.05) is 12.4 Å². The molecule has 2 rings (SSSR count). The van der Waals surface area contributed by atoms with Crippen molar-refractivity contribution in [3.63, 3.8) is 0 Å². The first-order valence-electron chi connectivity index (χ1n) is 7.05. The highest BCUT2D eigenvalue weighted by molar-refractivity contribution is 5.25. The molecule has 1 aromatic heterocycles. The van der Waals surface area contributed by atoms with Crippen LogP contribution in [0.5, 0.6) is 0 Å². The lowest BCUT2D eigenvalue weighted by Gasteiger charge is -2.29. The van der Waals surface area contributed by atoms with Crippen molar-refractivity contribution in [2.24, 2.45) is 11.8 Å². The fraction of sp³-hybridized carbons (Fsp3) is 0.786. The molecule has 102 valence electrons. The van der Waals surface area contributed by atoms with Gasteiger partial charge in [0.05, 0.1) is 6.61 Å². The zero-order valence-corrected chi connectivity index (χ0v) is 11.6. The molecule has 0 spiro atoms. The Morgan fingerprint density at radius 3 is 3.06 bits per heavy atom. The van der Waals surface area contributed by atoms with E-state index in [9.17, 15) is 0 Å². The summed E-state index contributed by atoms with van der Waals surface area (Å²) in [6.07, 6.45) is 9.38. The van der Waals surface area contributed by atoms with Crippen LogP contribution in [0.25, 0.3) is 0 Å². The van der Waals surface area contributed by atoms with E-state index in [1.54, 1.807) is 7.11 Å². The van der Waals surface area contributed by atoms with E-state index in [1.165, 1.54) is 25.7 Å². The summed E-state index contributed by atoms with van der Waals surface area (Å²) in [6.45, 7) is 5.01. The van der Waals surface area contributed by atoms with E-state index < -0.39 is 0 Å². The number of nitrogens with zero attached hydrogens (tertiary/aromatic N) is 2. The Kier molecular flexibility index (Phi) is 5.05. The van der Waals surface area contributed by atoms with Gasteiger partial charge in [-0.15, -0.1) is 0 Å². The van der Waals surface area contributed by atoms with Gasteiger partial charge in [0, 0.05) is 32.6 Å². The van der Waals surface area contributed by atoms with Gasteiger partial charge in [0.15, 0.2) is 0 Å². The molecule has 1 aromatic rings. The van der Waals surface area contributed by atoms with Crippen molar-refractivity contribution in [1.29, 1.82) is 0 Å². The summed E-state index contributed by atoms with van der Waals surface area (Å²) in [5.41, 5.74) is 0. The maximum atomic E-state index is 5.11. The van der Waals surface area contributed by atoms with E-state index in [2.05, 4.69) is 21.8 Å². The number of anilines is 1. The molecule has 1 aliphatic carbocycles. The number of rotatable bonds is 6. The van der Waals surface area contributed by atoms with Gasteiger partial charge in [-0.2, -0.15) is 0 Å². The van der Waals surface area contributed by atoms with Crippen molar-refractivity contribution in [3.05, 3.63) is 12.4 Å². The van der Waals surface area contributed by atoms with Crippen LogP contribution in [0.15, 0.2) is 12.4 Å². The molecule has 2 atom stereocenters. The van der Waals surface area contributed by atoms with E-state index in [-0.39, 0.29) is 0 Å². The van der Waals surface area contributed by atoms with Gasteiger partial charge in [0.2, 0.25) is 5.95 Å². The molecule has 2 unspecified atom stereocenters. The van der Waals surface area contributed by atoms with Gasteiger partial charge in [-0.1, -0.05) is 26.2 Å². The lowest BCUT2D eigenvalue weighted by Crippen LogP contribution is -2.25. The minimum absolute atomic E-state index is 0.727. The van der Waals surface area contributed by atoms with Gasteiger partial charge in [0.25, 0.3) is 0 Å². The van der Waals surface area contributed by atoms with Crippen LogP contribution in [-0.2, 0) is 11.3 Å². The zero-order valence-electron chi connectivity index (χ0n) is 11.6. The minimum Gasteiger partial charge on any atom is -0.383 e. The fourth-order valence-electron chi connectivity index (χ4n) is 2.77. The number of aromatic nitrogens is 2. The lowest BCUT2D eigenvalue weighted by atomic mass is 9.80. The molecule has 0 aliphatic heterocycles. The van der Waals surface area contributed by atoms with E-state index in [0.29, 0.717) is 0 Å². The molecule has 0 radical (unpaired) electrons. The minimum atomic E-state index is 0.727. The third-order valence-corrected chi connectivity index (χ3v) is 4.06. The fourth-order valence-corrected chi connectivity index (χ4v) is 2.77. The summed E-state index contributed by atoms with van der Waals surface area (Å²) in [6, 6.07) is 0. The second-order valence-electron chi connectivity index (χ2n) is 5.34. The van der Waals surface area contributed by atoms with Gasteiger partial charge in [-0.25, -0.2) is 4.98 Å². The predicted octanol–water partition coefficient (Wildman–Crippen LogP) is 2.77. The summed E-state index contributed by atoms with van der Waals surface area (Å²) in [5.74, 6) is 2.62. The Balaban J connectivity index is 1.83. The van der Waals surface area contributed by atoms with Gasteiger partial charge >= 0.3 is 0 Å². The predicted molar refractivity (Wildman–Crippen MR) is 73.7 cm³/mol. The summed E-state index contributed by atoms with van der Waals surface area (Å²) in [4.78, 5) is 4.37. The van der Waals surface area contributed by atoms with Crippen LogP contribution in [0.3, 0.4) is 0 Å². The van der Waals surface area contributed by atoms with Crippen molar-refractivity contribution >= 4 is 5.95 Å². The van der Waals surface area contributed by atoms with Crippen molar-refractivity contribution < 1.29 is 4.74 Å². The number of methoxy groups -OCH3 is 1. The Morgan fingerprint density at radius 2 is 2.28 bits per heavy atom. The van der Waals surface area contributed by atoms with Gasteiger partial charge in [-0.3, -0.25) is 0 Å². The van der Waals surface area contributed by atoms with Crippen LogP contribution in [0.4, 0.5) is 5.95 Å². The first-order chi connectivity index (χ1) is 8.81. The number of hydrogen-bond acceptors (Lipinski definition) is 3. The molecule has 4 heteroatoms. The molecule has 1 N–H and O–H groups in total. The number of hydrogen-bond donors (Lipinski definition) is 1. The third kappa shape index (κ3) is 3.48. The standard InChI is InChI=1S/C14H25N3O/c1-12-5-3-4-6-13(12)11-16-14-15-7-8-17(14)9-10-18-2/h7-8,12-13H,3-6,9-11H2,1-2H3,(H,15,16). The molecule has 1 heterocycles. The topological polar surface area (TPSA) is 39.1 Å². The van der Waals surface area contributed by atoms with Crippen LogP contribution in [0.2, 0.25) is 0 Å². The molecule has 4 nitrogen and oxygen atoms in total. The van der Waals surface area contributed by atoms with Crippen LogP contribution in [0, 0.1) is 11.8 Å². The highest BCUT2D eigenvalue weighted by Gasteiger charge is 2.21. The highest BCUT2D eigenvalue weighted by atomic mass is 16.5. The maximum Gasteiger partial charge on any atom is 0.202 e. The Bertz CT molecular complexity index is 351. The molecule has 0 bridgehead atoms. The molecular formula is C14H25N3O. The normalized spacial score (nSPS) is 24.1. The number of nitrogens with one attached hydrogen (secondary N) is 1. The number of ether oxygens (including phenoxy) is 1. The second-order valence-corrected chi connectivity index (χ2v) is 5.34. The van der Waals surface area contributed by atoms with Crippen LogP contribution >= 0.6 is 0 Å². The molecule has 0 saturated heterocycles. The average Bonchev–Trinajstić information content (AvgIpc) is 2.83. The highest BCUT2D eigenvalue weighted by Crippen LogP contribution is 2.29. The van der Waals surface area contributed by atoms with E-state index in [0.717, 1.165) is 37.5 Å². The van der Waals surface area contributed by atoms with Crippen LogP contribution in [-0.4, -0.2) is 29.8 Å². The second kappa shape index (κ2) is 6.78. The van der Waals surface area contributed by atoms with Gasteiger partial charge in [-0.05, 0) is 18.3 Å². The molecule has 1 aliphatic rings. The largest absolute Gasteiger partial charge is 0.383 e. The van der Waals surface area contributed by atoms with Crippen molar-refractivity contribution in [1.82, 2.24) is 9.55 Å². The first-order valence-corrected chi connectivity index (χ1v) is 7.05. The molecular weight excluding hydrogens is 226 g/mol. The maximum absolute atomic E-state index is 5.11. The van der Waals surface area contributed by atoms with Crippen molar-refractivity contribution in [3.8, 4) is 0 Å². The first kappa shape index (κ1) is 13.4. The van der Waals surface area contributed by atoms with Crippen LogP contribution < -0.4 is 5.32 Å². The molecule has 1 saturated carbocycles. The number of imidazole rings is 1. The van der Waals surface area contributed by atoms with E-state index >= 15 is 0 Å². The lowest BCUT2D eigenvalue weighted by molar-refractivity contribution is 0.187. The SMILES string of the molecule is COCCn1ccnc1NCC1CCCCC1C. The molecule has 0 amide bonds. The summed E-state index contributed by atoms with van der Waals surface area (Å²) < 4.78 is 7.23. The average molecular weight is 251 g/mol. The summed E-state index contributed by atoms with van der Waals surface area (Å²) in [5, 5.41) is 3.50. The zero-order chi connectivity index (χ0) is 12.8. The monoisotopic (exact) mass is 251 g/mol. The van der Waals surface area contributed by atoms with Crippen LogP contribution in [0.1, 0.15) is 32.6 Å². The Hall–Kier alpha value is -1.03. The summed E-state index contributed by atoms with van der Waals surface area (Å²) >= 11 is 0. The summed E-state index contributed by atoms with van der Waals surface area (Å²) in [7, 11) is 1.73. The Morgan fingerprint density at radius 1 is 1.44 bits per heavy atom. The van der Waals surface area contributed by atoms with Crippen molar-refractivity contribution in [2.45, 2.75) is 39.2 Å². The smallest absolute Gasteiger partial charge is 0.202 e. The van der Waals surface area contributed by atoms with E-state index in [4.69, 9.17) is 4.74 Å². The Labute approximate surface area is 110 Å². The molecule has 1 fully saturated rings. The van der Waals surface area contributed by atoms with Crippen molar-refractivity contribution in [2.75, 3.05) is 25.6 Å². The molecule has 0 aromatic carbocycles. The van der Waals surface area contributed by atoms with Gasteiger partial charge in [0.1, 0.15) is 0 Å². The quantitative estimate of drug-likeness (QED) is 0.845. The molecule has 18 heavy (non-hydrogen) atoms. The van der Waals surface area contributed by atoms with Gasteiger partial charge < -0.3 is 14.6 Å².